The largest absolute Gasteiger partial charge is 0.493 e. The van der Waals surface area contributed by atoms with Crippen LogP contribution in [0, 0.1) is 11.6 Å². The highest BCUT2D eigenvalue weighted by Crippen LogP contribution is 2.31. The van der Waals surface area contributed by atoms with E-state index in [4.69, 9.17) is 0 Å². The van der Waals surface area contributed by atoms with Crippen molar-refractivity contribution in [2.45, 2.75) is 36.9 Å². The first-order chi connectivity index (χ1) is 12.4. The van der Waals surface area contributed by atoms with Crippen molar-refractivity contribution in [2.24, 2.45) is 0 Å². The van der Waals surface area contributed by atoms with Gasteiger partial charge in [-0.15, -0.1) is 0 Å². The summed E-state index contributed by atoms with van der Waals surface area (Å²) in [5.74, 6) is -3.01. The Bertz CT molecular complexity index is 882. The molecule has 0 spiro atoms. The average molecular weight is 381 g/mol. The molecule has 1 fully saturated rings. The molecule has 0 aliphatic heterocycles. The number of aromatic nitrogens is 2. The zero-order valence-corrected chi connectivity index (χ0v) is 14.6. The van der Waals surface area contributed by atoms with Crippen LogP contribution in [0.3, 0.4) is 0 Å². The Hall–Kier alpha value is -2.42. The van der Waals surface area contributed by atoms with Gasteiger partial charge in [-0.3, -0.25) is 14.2 Å². The minimum Gasteiger partial charge on any atom is -0.493 e. The predicted octanol–water partition coefficient (Wildman–Crippen LogP) is 3.07. The minimum absolute atomic E-state index is 0.00681. The van der Waals surface area contributed by atoms with Gasteiger partial charge in [0.05, 0.1) is 11.8 Å². The number of amides is 1. The lowest BCUT2D eigenvalue weighted by molar-refractivity contribution is -0.113. The molecule has 2 aromatic rings. The fraction of sp³-hybridized carbons (Fsp3) is 0.353. The molecule has 1 aromatic carbocycles. The van der Waals surface area contributed by atoms with Gasteiger partial charge in [0.15, 0.2) is 16.8 Å². The second-order valence-electron chi connectivity index (χ2n) is 6.01. The monoisotopic (exact) mass is 381 g/mol. The Labute approximate surface area is 152 Å². The Kier molecular flexibility index (Phi) is 5.55. The number of rotatable bonds is 5. The van der Waals surface area contributed by atoms with Gasteiger partial charge in [0.2, 0.25) is 11.8 Å². The summed E-state index contributed by atoms with van der Waals surface area (Å²) < 4.78 is 27.6. The molecule has 0 bridgehead atoms. The van der Waals surface area contributed by atoms with Gasteiger partial charge in [0, 0.05) is 17.8 Å². The first kappa shape index (κ1) is 18.4. The molecule has 1 aromatic heterocycles. The molecule has 0 saturated heterocycles. The van der Waals surface area contributed by atoms with Crippen molar-refractivity contribution in [3.8, 4) is 5.88 Å². The number of benzene rings is 1. The number of hydrogen-bond donors (Lipinski definition) is 2. The lowest BCUT2D eigenvalue weighted by Gasteiger charge is -2.17. The third-order valence-corrected chi connectivity index (χ3v) is 5.08. The van der Waals surface area contributed by atoms with Crippen molar-refractivity contribution in [1.29, 1.82) is 0 Å². The van der Waals surface area contributed by atoms with Gasteiger partial charge in [0.25, 0.3) is 5.56 Å². The predicted molar refractivity (Wildman–Crippen MR) is 93.4 cm³/mol. The maximum atomic E-state index is 13.2. The van der Waals surface area contributed by atoms with Crippen molar-refractivity contribution < 1.29 is 18.7 Å². The molecule has 1 heterocycles. The number of nitrogens with one attached hydrogen (secondary N) is 1. The van der Waals surface area contributed by atoms with Gasteiger partial charge in [-0.1, -0.05) is 24.6 Å². The molecule has 9 heteroatoms. The van der Waals surface area contributed by atoms with Crippen molar-refractivity contribution in [3.63, 3.8) is 0 Å². The zero-order chi connectivity index (χ0) is 18.7. The van der Waals surface area contributed by atoms with Gasteiger partial charge in [0.1, 0.15) is 0 Å². The zero-order valence-electron chi connectivity index (χ0n) is 13.7. The molecule has 1 aliphatic rings. The first-order valence-electron chi connectivity index (χ1n) is 8.14. The van der Waals surface area contributed by atoms with E-state index in [0.717, 1.165) is 55.6 Å². The fourth-order valence-electron chi connectivity index (χ4n) is 2.96. The highest BCUT2D eigenvalue weighted by atomic mass is 32.2. The Morgan fingerprint density at radius 1 is 1.27 bits per heavy atom. The van der Waals surface area contributed by atoms with E-state index in [-0.39, 0.29) is 28.2 Å². The second kappa shape index (κ2) is 7.86. The van der Waals surface area contributed by atoms with Crippen LogP contribution in [0.25, 0.3) is 0 Å². The van der Waals surface area contributed by atoms with E-state index in [9.17, 15) is 23.5 Å². The minimum atomic E-state index is -1.06. The van der Waals surface area contributed by atoms with Crippen LogP contribution in [0.1, 0.15) is 31.7 Å². The van der Waals surface area contributed by atoms with Crippen LogP contribution in [0.2, 0.25) is 0 Å². The van der Waals surface area contributed by atoms with E-state index in [1.54, 1.807) is 0 Å². The quantitative estimate of drug-likeness (QED) is 0.614. The number of halogens is 2. The van der Waals surface area contributed by atoms with E-state index in [0.29, 0.717) is 0 Å². The SMILES string of the molecule is O=C(CSc1nc(O)cc(=O)n1C1CCCC1)Nc1ccc(F)c(F)c1. The number of carbonyl (C=O) groups is 1. The van der Waals surface area contributed by atoms with Crippen LogP contribution in [0.4, 0.5) is 14.5 Å². The fourth-order valence-corrected chi connectivity index (χ4v) is 3.83. The van der Waals surface area contributed by atoms with Gasteiger partial charge in [-0.2, -0.15) is 4.98 Å². The highest BCUT2D eigenvalue weighted by molar-refractivity contribution is 7.99. The van der Waals surface area contributed by atoms with Crippen molar-refractivity contribution >= 4 is 23.4 Å². The number of carbonyl (C=O) groups excluding carboxylic acids is 1. The third kappa shape index (κ3) is 4.21. The summed E-state index contributed by atoms with van der Waals surface area (Å²) in [6, 6.07) is 4.13. The molecular weight excluding hydrogens is 364 g/mol. The van der Waals surface area contributed by atoms with E-state index in [1.807, 2.05) is 0 Å². The maximum Gasteiger partial charge on any atom is 0.258 e. The molecule has 1 aliphatic carbocycles. The molecule has 2 N–H and O–H groups in total. The molecule has 0 atom stereocenters. The Morgan fingerprint density at radius 3 is 2.69 bits per heavy atom. The third-order valence-electron chi connectivity index (χ3n) is 4.13. The molecular formula is C17H17F2N3O3S. The number of thioether (sulfide) groups is 1. The molecule has 1 amide bonds. The second-order valence-corrected chi connectivity index (χ2v) is 6.95. The topological polar surface area (TPSA) is 84.2 Å². The van der Waals surface area contributed by atoms with Crippen molar-refractivity contribution in [1.82, 2.24) is 9.55 Å². The van der Waals surface area contributed by atoms with E-state index in [1.165, 1.54) is 10.6 Å². The summed E-state index contributed by atoms with van der Waals surface area (Å²) >= 11 is 1.01. The highest BCUT2D eigenvalue weighted by Gasteiger charge is 2.22. The van der Waals surface area contributed by atoms with E-state index >= 15 is 0 Å². The molecule has 3 rings (SSSR count). The molecule has 26 heavy (non-hydrogen) atoms. The smallest absolute Gasteiger partial charge is 0.258 e. The molecule has 6 nitrogen and oxygen atoms in total. The van der Waals surface area contributed by atoms with Gasteiger partial charge in [-0.05, 0) is 25.0 Å². The number of hydrogen-bond acceptors (Lipinski definition) is 5. The lowest BCUT2D eigenvalue weighted by Crippen LogP contribution is -2.26. The standard InChI is InChI=1S/C17H17F2N3O3S/c18-12-6-5-10(7-13(12)19)20-15(24)9-26-17-21-14(23)8-16(25)22(17)11-3-1-2-4-11/h5-8,11,23H,1-4,9H2,(H,20,24). The summed E-state index contributed by atoms with van der Waals surface area (Å²) in [6.07, 6.45) is 3.72. The van der Waals surface area contributed by atoms with Gasteiger partial charge < -0.3 is 10.4 Å². The lowest BCUT2D eigenvalue weighted by atomic mass is 10.2. The van der Waals surface area contributed by atoms with Crippen molar-refractivity contribution in [2.75, 3.05) is 11.1 Å². The number of nitrogens with zero attached hydrogens (tertiary/aromatic N) is 2. The summed E-state index contributed by atoms with van der Waals surface area (Å²) in [4.78, 5) is 28.3. The maximum absolute atomic E-state index is 13.2. The number of aromatic hydroxyl groups is 1. The van der Waals surface area contributed by atoms with Gasteiger partial charge >= 0.3 is 0 Å². The van der Waals surface area contributed by atoms with Crippen LogP contribution in [0.15, 0.2) is 34.2 Å². The van der Waals surface area contributed by atoms with Crippen LogP contribution >= 0.6 is 11.8 Å². The Balaban J connectivity index is 1.71. The Morgan fingerprint density at radius 2 is 2.00 bits per heavy atom. The van der Waals surface area contributed by atoms with Crippen molar-refractivity contribution in [3.05, 3.63) is 46.3 Å². The van der Waals surface area contributed by atoms with Crippen LogP contribution in [0.5, 0.6) is 5.88 Å². The molecule has 0 unspecified atom stereocenters. The first-order valence-corrected chi connectivity index (χ1v) is 9.13. The molecule has 138 valence electrons. The summed E-state index contributed by atoms with van der Waals surface area (Å²) in [7, 11) is 0. The van der Waals surface area contributed by atoms with E-state index in [2.05, 4.69) is 10.3 Å². The van der Waals surface area contributed by atoms with Crippen LogP contribution in [-0.2, 0) is 4.79 Å². The summed E-state index contributed by atoms with van der Waals surface area (Å²) in [5, 5.41) is 12.3. The number of anilines is 1. The molecule has 1 saturated carbocycles. The molecule has 0 radical (unpaired) electrons. The summed E-state index contributed by atoms with van der Waals surface area (Å²) in [5.41, 5.74) is -0.223. The summed E-state index contributed by atoms with van der Waals surface area (Å²) in [6.45, 7) is 0. The normalized spacial score (nSPS) is 14.5. The average Bonchev–Trinajstić information content (AvgIpc) is 3.10. The van der Waals surface area contributed by atoms with Crippen LogP contribution in [-0.4, -0.2) is 26.3 Å². The van der Waals surface area contributed by atoms with Gasteiger partial charge in [-0.25, -0.2) is 8.78 Å². The van der Waals surface area contributed by atoms with Crippen LogP contribution < -0.4 is 10.9 Å². The van der Waals surface area contributed by atoms with E-state index < -0.39 is 23.4 Å².